The fourth-order valence-corrected chi connectivity index (χ4v) is 6.45. The first-order chi connectivity index (χ1) is 17.7. The number of piperazine rings is 1. The van der Waals surface area contributed by atoms with Gasteiger partial charge in [0.25, 0.3) is 0 Å². The maximum absolute atomic E-state index is 12.9. The van der Waals surface area contributed by atoms with Crippen LogP contribution in [0.25, 0.3) is 5.57 Å². The molecule has 4 aliphatic rings. The number of rotatable bonds is 5. The number of nitrogens with zero attached hydrogens (tertiary/aromatic N) is 3. The fourth-order valence-electron chi connectivity index (χ4n) is 6.32. The minimum atomic E-state index is 0.161. The average Bonchev–Trinajstić information content (AvgIpc) is 3.58. The van der Waals surface area contributed by atoms with Gasteiger partial charge in [0, 0.05) is 49.9 Å². The molecule has 1 amide bonds. The van der Waals surface area contributed by atoms with E-state index in [1.165, 1.54) is 29.5 Å². The molecule has 3 heterocycles. The highest BCUT2D eigenvalue weighted by molar-refractivity contribution is 6.30. The molecule has 5 nitrogen and oxygen atoms in total. The Morgan fingerprint density at radius 2 is 1.67 bits per heavy atom. The minimum Gasteiger partial charge on any atom is -0.352 e. The van der Waals surface area contributed by atoms with Crippen molar-refractivity contribution < 1.29 is 4.79 Å². The third kappa shape index (κ3) is 4.84. The minimum absolute atomic E-state index is 0.161. The molecule has 0 aromatic heterocycles. The Hall–Kier alpha value is -2.60. The van der Waals surface area contributed by atoms with Crippen molar-refractivity contribution in [1.29, 1.82) is 0 Å². The molecule has 0 bridgehead atoms. The van der Waals surface area contributed by atoms with Gasteiger partial charge in [-0.2, -0.15) is 0 Å². The number of carbonyl (C=O) groups excluding carboxylic acids is 1. The van der Waals surface area contributed by atoms with Gasteiger partial charge in [-0.05, 0) is 47.8 Å². The molecule has 0 spiro atoms. The summed E-state index contributed by atoms with van der Waals surface area (Å²) >= 11 is 6.21. The molecule has 36 heavy (non-hydrogen) atoms. The number of halogens is 1. The molecule has 0 radical (unpaired) electrons. The van der Waals surface area contributed by atoms with Gasteiger partial charge in [-0.3, -0.25) is 15.0 Å². The van der Waals surface area contributed by atoms with E-state index in [1.807, 2.05) is 12.1 Å². The Bertz CT molecular complexity index is 1120. The second-order valence-corrected chi connectivity index (χ2v) is 11.0. The van der Waals surface area contributed by atoms with Crippen molar-refractivity contribution in [3.63, 3.8) is 0 Å². The number of amides is 1. The zero-order valence-corrected chi connectivity index (χ0v) is 21.5. The highest BCUT2D eigenvalue weighted by Gasteiger charge is 2.41. The van der Waals surface area contributed by atoms with E-state index >= 15 is 0 Å². The van der Waals surface area contributed by atoms with Gasteiger partial charge in [-0.15, -0.1) is 0 Å². The van der Waals surface area contributed by atoms with Crippen LogP contribution in [0.3, 0.4) is 0 Å². The van der Waals surface area contributed by atoms with E-state index in [1.54, 1.807) is 0 Å². The zero-order valence-electron chi connectivity index (χ0n) is 20.7. The van der Waals surface area contributed by atoms with E-state index in [2.05, 4.69) is 80.8 Å². The summed E-state index contributed by atoms with van der Waals surface area (Å²) in [5.41, 5.74) is 3.74. The Kier molecular flexibility index (Phi) is 6.87. The summed E-state index contributed by atoms with van der Waals surface area (Å²) in [7, 11) is 0. The summed E-state index contributed by atoms with van der Waals surface area (Å²) < 4.78 is 0. The van der Waals surface area contributed by atoms with Gasteiger partial charge >= 0.3 is 0 Å². The normalized spacial score (nSPS) is 26.8. The summed E-state index contributed by atoms with van der Waals surface area (Å²) in [4.78, 5) is 20.1. The van der Waals surface area contributed by atoms with Gasteiger partial charge in [-0.25, -0.2) is 0 Å². The monoisotopic (exact) mass is 502 g/mol. The van der Waals surface area contributed by atoms with Gasteiger partial charge in [0.1, 0.15) is 0 Å². The number of benzene rings is 2. The molecule has 188 valence electrons. The molecule has 1 saturated carbocycles. The van der Waals surface area contributed by atoms with Crippen LogP contribution in [-0.4, -0.2) is 65.5 Å². The summed E-state index contributed by atoms with van der Waals surface area (Å²) in [6.45, 7) is 4.51. The predicted molar refractivity (Wildman–Crippen MR) is 145 cm³/mol. The smallest absolute Gasteiger partial charge is 0.225 e. The van der Waals surface area contributed by atoms with Crippen molar-refractivity contribution >= 4 is 23.1 Å². The van der Waals surface area contributed by atoms with Gasteiger partial charge in [0.2, 0.25) is 5.91 Å². The van der Waals surface area contributed by atoms with Crippen molar-refractivity contribution in [2.75, 3.05) is 32.7 Å². The van der Waals surface area contributed by atoms with E-state index in [0.717, 1.165) is 50.6 Å². The molecule has 2 aromatic carbocycles. The van der Waals surface area contributed by atoms with Crippen LogP contribution in [0.2, 0.25) is 5.02 Å². The molecule has 3 aliphatic heterocycles. The fraction of sp³-hybridized carbons (Fsp3) is 0.433. The van der Waals surface area contributed by atoms with Crippen LogP contribution < -0.4 is 5.32 Å². The van der Waals surface area contributed by atoms with Crippen LogP contribution in [0.4, 0.5) is 0 Å². The van der Waals surface area contributed by atoms with E-state index in [9.17, 15) is 4.79 Å². The number of hydrogen-bond acceptors (Lipinski definition) is 4. The number of carbonyl (C=O) groups is 1. The lowest BCUT2D eigenvalue weighted by Crippen LogP contribution is -2.53. The first kappa shape index (κ1) is 23.8. The van der Waals surface area contributed by atoms with Crippen molar-refractivity contribution in [2.45, 2.75) is 43.9 Å². The number of allylic oxidation sites excluding steroid dienone is 2. The topological polar surface area (TPSA) is 38.8 Å². The van der Waals surface area contributed by atoms with Crippen molar-refractivity contribution in [3.8, 4) is 0 Å². The molecule has 6 heteroatoms. The Labute approximate surface area is 219 Å². The largest absolute Gasteiger partial charge is 0.352 e. The maximum Gasteiger partial charge on any atom is 0.225 e. The summed E-state index contributed by atoms with van der Waals surface area (Å²) in [5, 5.41) is 4.63. The van der Waals surface area contributed by atoms with E-state index in [4.69, 9.17) is 11.6 Å². The van der Waals surface area contributed by atoms with Crippen LogP contribution in [0, 0.1) is 5.92 Å². The molecular formula is C30H35ClN4O. The quantitative estimate of drug-likeness (QED) is 0.629. The molecule has 2 saturated heterocycles. The molecule has 3 unspecified atom stereocenters. The second-order valence-electron chi connectivity index (χ2n) is 10.6. The van der Waals surface area contributed by atoms with Crippen LogP contribution in [0.1, 0.15) is 42.9 Å². The third-order valence-corrected chi connectivity index (χ3v) is 8.61. The number of fused-ring (bicyclic) bond motifs is 1. The predicted octanol–water partition coefficient (Wildman–Crippen LogP) is 4.93. The van der Waals surface area contributed by atoms with Gasteiger partial charge in [0.05, 0.1) is 18.2 Å². The summed E-state index contributed by atoms with van der Waals surface area (Å²) in [6, 6.07) is 19.3. The molecule has 3 atom stereocenters. The van der Waals surface area contributed by atoms with Crippen molar-refractivity contribution in [3.05, 3.63) is 89.1 Å². The van der Waals surface area contributed by atoms with Gasteiger partial charge in [0.15, 0.2) is 0 Å². The first-order valence-electron chi connectivity index (χ1n) is 13.4. The second kappa shape index (κ2) is 10.4. The van der Waals surface area contributed by atoms with Gasteiger partial charge in [-0.1, -0.05) is 73.0 Å². The molecular weight excluding hydrogens is 468 g/mol. The van der Waals surface area contributed by atoms with Crippen molar-refractivity contribution in [1.82, 2.24) is 20.0 Å². The SMILES string of the molecule is O=C(C1CCCC1)N1CCN(CC2C(c3ccc(Cl)cc3)NC3C=CC(c4ccccc4)=CN32)CC1. The Morgan fingerprint density at radius 3 is 2.39 bits per heavy atom. The Balaban J connectivity index is 1.20. The molecule has 1 aliphatic carbocycles. The molecule has 6 rings (SSSR count). The number of nitrogens with one attached hydrogen (secondary N) is 1. The third-order valence-electron chi connectivity index (χ3n) is 8.36. The van der Waals surface area contributed by atoms with E-state index < -0.39 is 0 Å². The maximum atomic E-state index is 12.9. The van der Waals surface area contributed by atoms with E-state index in [0.29, 0.717) is 5.91 Å². The standard InChI is InChI=1S/C30H35ClN4O/c31-26-13-10-23(11-14-26)29-27(21-33-16-18-34(19-17-33)30(36)24-8-4-5-9-24)35-20-25(12-15-28(35)32-29)22-6-2-1-3-7-22/h1-3,6-7,10-15,20,24,27-29,32H,4-5,8-9,16-19,21H2. The lowest BCUT2D eigenvalue weighted by Gasteiger charge is -2.39. The number of hydrogen-bond donors (Lipinski definition) is 1. The van der Waals surface area contributed by atoms with Gasteiger partial charge < -0.3 is 9.80 Å². The molecule has 2 aromatic rings. The Morgan fingerprint density at radius 1 is 0.944 bits per heavy atom. The average molecular weight is 503 g/mol. The van der Waals surface area contributed by atoms with Crippen LogP contribution in [0.15, 0.2) is 72.9 Å². The molecule has 1 N–H and O–H groups in total. The van der Waals surface area contributed by atoms with Crippen LogP contribution in [0.5, 0.6) is 0 Å². The van der Waals surface area contributed by atoms with E-state index in [-0.39, 0.29) is 24.2 Å². The highest BCUT2D eigenvalue weighted by atomic mass is 35.5. The van der Waals surface area contributed by atoms with Crippen LogP contribution in [-0.2, 0) is 4.79 Å². The molecule has 3 fully saturated rings. The lowest BCUT2D eigenvalue weighted by atomic mass is 9.98. The summed E-state index contributed by atoms with van der Waals surface area (Å²) in [6.07, 6.45) is 11.6. The first-order valence-corrected chi connectivity index (χ1v) is 13.8. The van der Waals surface area contributed by atoms with Crippen molar-refractivity contribution in [2.24, 2.45) is 5.92 Å². The highest BCUT2D eigenvalue weighted by Crippen LogP contribution is 2.36. The van der Waals surface area contributed by atoms with Crippen LogP contribution >= 0.6 is 11.6 Å². The zero-order chi connectivity index (χ0) is 24.5. The summed E-state index contributed by atoms with van der Waals surface area (Å²) in [5.74, 6) is 0.665. The lowest BCUT2D eigenvalue weighted by molar-refractivity contribution is -0.137.